The second-order valence-corrected chi connectivity index (χ2v) is 15.7. The van der Waals surface area contributed by atoms with E-state index in [0.29, 0.717) is 28.8 Å². The van der Waals surface area contributed by atoms with Crippen LogP contribution < -0.4 is 11.5 Å². The van der Waals surface area contributed by atoms with Crippen LogP contribution in [0.25, 0.3) is 106 Å². The molecule has 0 amide bonds. The maximum atomic E-state index is 6.45. The maximum Gasteiger partial charge on any atom is 0.164 e. The molecule has 0 unspecified atom stereocenters. The van der Waals surface area contributed by atoms with Gasteiger partial charge in [-0.1, -0.05) is 152 Å². The predicted molar refractivity (Wildman–Crippen MR) is 261 cm³/mol. The molecule has 2 aromatic heterocycles. The molecule has 0 fully saturated rings. The SMILES string of the molecule is Nc1ccc2c(c1)c1cc(N)ccc1n2-c1c(-c2ccccc2)cc(-c2nc(-c3ccccc3)nc(-c3cc(-c4ccccc4)cc(-c4ccccc4)c3)n2)cc1-c1ccccc1. The van der Waals surface area contributed by atoms with E-state index in [1.807, 2.05) is 66.7 Å². The number of aromatic nitrogens is 4. The fourth-order valence-corrected chi connectivity index (χ4v) is 8.68. The zero-order valence-corrected chi connectivity index (χ0v) is 34.2. The predicted octanol–water partition coefficient (Wildman–Crippen LogP) is 13.8. The van der Waals surface area contributed by atoms with Gasteiger partial charge in [0.2, 0.25) is 0 Å². The fourth-order valence-electron chi connectivity index (χ4n) is 8.68. The first-order chi connectivity index (χ1) is 31.0. The number of fused-ring (bicyclic) bond motifs is 3. The summed E-state index contributed by atoms with van der Waals surface area (Å²) in [5.41, 5.74) is 28.5. The second-order valence-electron chi connectivity index (χ2n) is 15.7. The molecule has 0 bridgehead atoms. The quantitative estimate of drug-likeness (QED) is 0.149. The monoisotopic (exact) mass is 808 g/mol. The first-order valence-corrected chi connectivity index (χ1v) is 21.0. The minimum atomic E-state index is 0.564. The van der Waals surface area contributed by atoms with Gasteiger partial charge in [0.15, 0.2) is 17.5 Å². The van der Waals surface area contributed by atoms with E-state index in [1.165, 1.54) is 0 Å². The highest BCUT2D eigenvalue weighted by atomic mass is 15.0. The fraction of sp³-hybridized carbons (Fsp3) is 0. The van der Waals surface area contributed by atoms with Crippen LogP contribution in [-0.2, 0) is 0 Å². The number of hydrogen-bond donors (Lipinski definition) is 2. The van der Waals surface area contributed by atoms with E-state index in [9.17, 15) is 0 Å². The highest BCUT2D eigenvalue weighted by Crippen LogP contribution is 2.44. The molecule has 11 aromatic rings. The molecule has 2 heterocycles. The van der Waals surface area contributed by atoms with Gasteiger partial charge in [-0.05, 0) is 100 Å². The number of nitrogens with zero attached hydrogens (tertiary/aromatic N) is 4. The first-order valence-electron chi connectivity index (χ1n) is 21.0. The molecule has 4 N–H and O–H groups in total. The van der Waals surface area contributed by atoms with Crippen LogP contribution in [0.5, 0.6) is 0 Å². The summed E-state index contributed by atoms with van der Waals surface area (Å²) < 4.78 is 2.35. The van der Waals surface area contributed by atoms with Crippen LogP contribution in [0.2, 0.25) is 0 Å². The van der Waals surface area contributed by atoms with Crippen molar-refractivity contribution in [3.05, 3.63) is 218 Å². The summed E-state index contributed by atoms with van der Waals surface area (Å²) in [6.45, 7) is 0. The Morgan fingerprint density at radius 3 is 1.03 bits per heavy atom. The molecule has 0 radical (unpaired) electrons. The Kier molecular flexibility index (Phi) is 9.36. The average Bonchev–Trinajstić information content (AvgIpc) is 3.66. The van der Waals surface area contributed by atoms with Crippen LogP contribution in [0.1, 0.15) is 0 Å². The maximum absolute atomic E-state index is 6.45. The van der Waals surface area contributed by atoms with Crippen molar-refractivity contribution in [3.8, 4) is 84.4 Å². The molecule has 0 aliphatic carbocycles. The Bertz CT molecular complexity index is 3260. The molecule has 6 heteroatoms. The van der Waals surface area contributed by atoms with E-state index in [1.54, 1.807) is 0 Å². The Balaban J connectivity index is 1.22. The third-order valence-corrected chi connectivity index (χ3v) is 11.6. The summed E-state index contributed by atoms with van der Waals surface area (Å²) in [6, 6.07) is 75.5. The highest BCUT2D eigenvalue weighted by molar-refractivity contribution is 6.12. The number of anilines is 2. The molecule has 0 saturated carbocycles. The van der Waals surface area contributed by atoms with Crippen molar-refractivity contribution < 1.29 is 0 Å². The van der Waals surface area contributed by atoms with Crippen LogP contribution in [0, 0.1) is 0 Å². The van der Waals surface area contributed by atoms with Crippen molar-refractivity contribution >= 4 is 33.2 Å². The van der Waals surface area contributed by atoms with Crippen molar-refractivity contribution in [3.63, 3.8) is 0 Å². The Morgan fingerprint density at radius 1 is 0.286 bits per heavy atom. The lowest BCUT2D eigenvalue weighted by Gasteiger charge is -2.21. The van der Waals surface area contributed by atoms with E-state index in [2.05, 4.69) is 156 Å². The van der Waals surface area contributed by atoms with Crippen LogP contribution in [0.15, 0.2) is 218 Å². The normalized spacial score (nSPS) is 11.3. The lowest BCUT2D eigenvalue weighted by molar-refractivity contribution is 1.07. The van der Waals surface area contributed by atoms with Crippen molar-refractivity contribution in [1.29, 1.82) is 0 Å². The number of rotatable bonds is 8. The zero-order valence-electron chi connectivity index (χ0n) is 34.2. The summed E-state index contributed by atoms with van der Waals surface area (Å²) in [4.78, 5) is 15.9. The molecule has 6 nitrogen and oxygen atoms in total. The van der Waals surface area contributed by atoms with E-state index >= 15 is 0 Å². The summed E-state index contributed by atoms with van der Waals surface area (Å²) in [5.74, 6) is 1.73. The van der Waals surface area contributed by atoms with Crippen molar-refractivity contribution in [2.45, 2.75) is 0 Å². The summed E-state index contributed by atoms with van der Waals surface area (Å²) in [7, 11) is 0. The van der Waals surface area contributed by atoms with E-state index in [4.69, 9.17) is 26.4 Å². The highest BCUT2D eigenvalue weighted by Gasteiger charge is 2.23. The van der Waals surface area contributed by atoms with Gasteiger partial charge in [-0.15, -0.1) is 0 Å². The number of nitrogen functional groups attached to an aromatic ring is 2. The molecule has 0 aliphatic heterocycles. The second kappa shape index (κ2) is 15.8. The molecule has 298 valence electrons. The van der Waals surface area contributed by atoms with Gasteiger partial charge >= 0.3 is 0 Å². The lowest BCUT2D eigenvalue weighted by atomic mass is 9.92. The van der Waals surface area contributed by atoms with Gasteiger partial charge in [-0.25, -0.2) is 15.0 Å². The van der Waals surface area contributed by atoms with Crippen molar-refractivity contribution in [1.82, 2.24) is 19.5 Å². The molecular formula is C57H40N6. The third-order valence-electron chi connectivity index (χ3n) is 11.6. The van der Waals surface area contributed by atoms with Crippen LogP contribution in [-0.4, -0.2) is 19.5 Å². The summed E-state index contributed by atoms with van der Waals surface area (Å²) in [6.07, 6.45) is 0. The van der Waals surface area contributed by atoms with Gasteiger partial charge in [-0.3, -0.25) is 0 Å². The van der Waals surface area contributed by atoms with E-state index in [0.717, 1.165) is 88.7 Å². The number of nitrogens with two attached hydrogens (primary N) is 2. The number of benzene rings is 9. The minimum absolute atomic E-state index is 0.564. The van der Waals surface area contributed by atoms with Gasteiger partial charge in [0.25, 0.3) is 0 Å². The van der Waals surface area contributed by atoms with E-state index < -0.39 is 0 Å². The Hall–Kier alpha value is -8.61. The number of hydrogen-bond acceptors (Lipinski definition) is 5. The molecule has 63 heavy (non-hydrogen) atoms. The Labute approximate surface area is 365 Å². The smallest absolute Gasteiger partial charge is 0.164 e. The summed E-state index contributed by atoms with van der Waals surface area (Å²) in [5, 5.41) is 2.06. The van der Waals surface area contributed by atoms with Gasteiger partial charge in [0.05, 0.1) is 16.7 Å². The van der Waals surface area contributed by atoms with E-state index in [-0.39, 0.29) is 0 Å². The summed E-state index contributed by atoms with van der Waals surface area (Å²) >= 11 is 0. The average molecular weight is 809 g/mol. The standard InChI is InChI=1S/C57H40N6/c58-46-26-28-52-50(35-46)51-36-47(59)27-29-53(51)63(52)54-48(39-20-10-3-11-21-39)33-45(34-49(54)40-22-12-4-13-23-40)57-61-55(41-24-14-5-15-25-41)60-56(62-57)44-31-42(37-16-6-1-7-17-37)30-43(32-44)38-18-8-2-9-19-38/h1-36H,58-59H2. The Morgan fingerprint density at radius 2 is 0.619 bits per heavy atom. The first kappa shape index (κ1) is 37.4. The van der Waals surface area contributed by atoms with Crippen molar-refractivity contribution in [2.24, 2.45) is 0 Å². The van der Waals surface area contributed by atoms with Gasteiger partial charge in [-0.2, -0.15) is 0 Å². The largest absolute Gasteiger partial charge is 0.399 e. The molecule has 9 aromatic carbocycles. The van der Waals surface area contributed by atoms with Crippen LogP contribution in [0.4, 0.5) is 11.4 Å². The lowest BCUT2D eigenvalue weighted by Crippen LogP contribution is -2.04. The molecule has 11 rings (SSSR count). The molecule has 0 spiro atoms. The molecule has 0 aliphatic rings. The zero-order chi connectivity index (χ0) is 42.3. The topological polar surface area (TPSA) is 95.6 Å². The third kappa shape index (κ3) is 7.05. The minimum Gasteiger partial charge on any atom is -0.399 e. The van der Waals surface area contributed by atoms with Gasteiger partial charge in [0, 0.05) is 50.0 Å². The van der Waals surface area contributed by atoms with Crippen LogP contribution in [0.3, 0.4) is 0 Å². The van der Waals surface area contributed by atoms with Crippen LogP contribution >= 0.6 is 0 Å². The van der Waals surface area contributed by atoms with Crippen molar-refractivity contribution in [2.75, 3.05) is 11.5 Å². The molecule has 0 saturated heterocycles. The molecule has 0 atom stereocenters. The van der Waals surface area contributed by atoms with Gasteiger partial charge < -0.3 is 16.0 Å². The molecular weight excluding hydrogens is 769 g/mol. The van der Waals surface area contributed by atoms with Gasteiger partial charge in [0.1, 0.15) is 0 Å².